The molecule has 0 radical (unpaired) electrons. The van der Waals surface area contributed by atoms with Crippen molar-refractivity contribution < 1.29 is 14.2 Å². The maximum absolute atomic E-state index is 6.17. The smallest absolute Gasteiger partial charge is 0.230 e. The van der Waals surface area contributed by atoms with Crippen molar-refractivity contribution in [2.45, 2.75) is 19.3 Å². The molecular weight excluding hydrogens is 390 g/mol. The second-order valence-corrected chi connectivity index (χ2v) is 7.13. The molecule has 2 heterocycles. The number of ether oxygens (including phenoxy) is 3. The summed E-state index contributed by atoms with van der Waals surface area (Å²) in [4.78, 5) is 9.28. The van der Waals surface area contributed by atoms with Gasteiger partial charge in [0.1, 0.15) is 18.2 Å². The van der Waals surface area contributed by atoms with Crippen LogP contribution in [0.3, 0.4) is 0 Å². The predicted octanol–water partition coefficient (Wildman–Crippen LogP) is 4.85. The third-order valence-electron chi connectivity index (χ3n) is 4.82. The third-order valence-corrected chi connectivity index (χ3v) is 4.82. The number of hydrogen-bond acceptors (Lipinski definition) is 6. The highest BCUT2D eigenvalue weighted by molar-refractivity contribution is 6.00. The van der Waals surface area contributed by atoms with E-state index in [9.17, 15) is 0 Å². The summed E-state index contributed by atoms with van der Waals surface area (Å²) in [7, 11) is 0. The molecule has 0 saturated carbocycles. The summed E-state index contributed by atoms with van der Waals surface area (Å²) < 4.78 is 17.9. The van der Waals surface area contributed by atoms with Gasteiger partial charge in [0.25, 0.3) is 0 Å². The number of nitrogens with one attached hydrogen (secondary N) is 1. The van der Waals surface area contributed by atoms with E-state index in [0.717, 1.165) is 48.7 Å². The van der Waals surface area contributed by atoms with Crippen LogP contribution in [0.15, 0.2) is 77.9 Å². The van der Waals surface area contributed by atoms with Crippen molar-refractivity contribution in [3.05, 3.63) is 78.5 Å². The zero-order valence-electron chi connectivity index (χ0n) is 17.5. The maximum atomic E-state index is 6.17. The predicted molar refractivity (Wildman–Crippen MR) is 121 cm³/mol. The van der Waals surface area contributed by atoms with Crippen LogP contribution in [0.2, 0.25) is 0 Å². The normalized spacial score (nSPS) is 14.1. The van der Waals surface area contributed by atoms with Gasteiger partial charge in [0.2, 0.25) is 5.88 Å². The second-order valence-electron chi connectivity index (χ2n) is 7.13. The highest BCUT2D eigenvalue weighted by Crippen LogP contribution is 2.32. The number of pyridine rings is 1. The molecule has 1 aliphatic rings. The average Bonchev–Trinajstić information content (AvgIpc) is 2.83. The quantitative estimate of drug-likeness (QED) is 0.615. The summed E-state index contributed by atoms with van der Waals surface area (Å²) in [5.41, 5.74) is 0.816. The van der Waals surface area contributed by atoms with Crippen LogP contribution in [0.1, 0.15) is 24.8 Å². The lowest BCUT2D eigenvalue weighted by atomic mass is 10.2. The van der Waals surface area contributed by atoms with E-state index in [2.05, 4.69) is 10.3 Å². The van der Waals surface area contributed by atoms with E-state index in [-0.39, 0.29) is 0 Å². The fourth-order valence-electron chi connectivity index (χ4n) is 3.27. The fraction of sp³-hybridized carbons (Fsp3) is 0.280. The van der Waals surface area contributed by atoms with Crippen molar-refractivity contribution >= 4 is 5.84 Å². The lowest BCUT2D eigenvalue weighted by molar-refractivity contribution is 0.291. The van der Waals surface area contributed by atoms with Crippen molar-refractivity contribution in [2.75, 3.05) is 26.3 Å². The summed E-state index contributed by atoms with van der Waals surface area (Å²) in [6.07, 6.45) is 4.74. The number of aliphatic imine (C=N–C) groups is 1. The summed E-state index contributed by atoms with van der Waals surface area (Å²) >= 11 is 0. The molecule has 0 amide bonds. The minimum absolute atomic E-state index is 0.494. The lowest BCUT2D eigenvalue weighted by Gasteiger charge is -2.15. The fourth-order valence-corrected chi connectivity index (χ4v) is 3.27. The van der Waals surface area contributed by atoms with Crippen molar-refractivity contribution in [1.29, 1.82) is 0 Å². The summed E-state index contributed by atoms with van der Waals surface area (Å²) in [5, 5.41) is 3.41. The molecular formula is C25H27N3O3. The molecule has 2 aromatic carbocycles. The Morgan fingerprint density at radius 1 is 0.871 bits per heavy atom. The average molecular weight is 418 g/mol. The molecule has 0 atom stereocenters. The van der Waals surface area contributed by atoms with Crippen LogP contribution in [0.5, 0.6) is 23.1 Å². The largest absolute Gasteiger partial charge is 0.492 e. The van der Waals surface area contributed by atoms with Gasteiger partial charge in [-0.1, -0.05) is 30.3 Å². The zero-order valence-corrected chi connectivity index (χ0v) is 17.5. The van der Waals surface area contributed by atoms with E-state index in [1.165, 1.54) is 0 Å². The van der Waals surface area contributed by atoms with Crippen molar-refractivity contribution in [2.24, 2.45) is 4.99 Å². The molecule has 0 saturated heterocycles. The first kappa shape index (κ1) is 20.7. The molecule has 0 fully saturated rings. The first-order valence-electron chi connectivity index (χ1n) is 10.7. The topological polar surface area (TPSA) is 65.0 Å². The Morgan fingerprint density at radius 3 is 2.61 bits per heavy atom. The molecule has 0 aliphatic carbocycles. The molecule has 6 nitrogen and oxygen atoms in total. The van der Waals surface area contributed by atoms with Crippen LogP contribution in [0, 0.1) is 0 Å². The lowest BCUT2D eigenvalue weighted by Crippen LogP contribution is -2.30. The van der Waals surface area contributed by atoms with Gasteiger partial charge < -0.3 is 19.5 Å². The Morgan fingerprint density at radius 2 is 1.71 bits per heavy atom. The minimum atomic E-state index is 0.494. The van der Waals surface area contributed by atoms with Gasteiger partial charge in [0, 0.05) is 12.7 Å². The van der Waals surface area contributed by atoms with Gasteiger partial charge in [-0.25, -0.2) is 4.98 Å². The van der Waals surface area contributed by atoms with Gasteiger partial charge in [-0.3, -0.25) is 4.99 Å². The number of hydrogen-bond donors (Lipinski definition) is 1. The monoisotopic (exact) mass is 417 g/mol. The molecule has 0 bridgehead atoms. The molecule has 1 N–H and O–H groups in total. The van der Waals surface area contributed by atoms with Gasteiger partial charge in [0.05, 0.1) is 18.7 Å². The Balaban J connectivity index is 1.52. The number of aromatic nitrogens is 1. The summed E-state index contributed by atoms with van der Waals surface area (Å²) in [5.74, 6) is 3.48. The Labute approximate surface area is 182 Å². The number of amidine groups is 1. The van der Waals surface area contributed by atoms with Crippen LogP contribution >= 0.6 is 0 Å². The molecule has 4 rings (SSSR count). The molecule has 1 aromatic heterocycles. The van der Waals surface area contributed by atoms with E-state index in [1.54, 1.807) is 6.20 Å². The summed E-state index contributed by atoms with van der Waals surface area (Å²) in [6, 6.07) is 21.3. The Kier molecular flexibility index (Phi) is 7.36. The van der Waals surface area contributed by atoms with E-state index < -0.39 is 0 Å². The van der Waals surface area contributed by atoms with E-state index in [0.29, 0.717) is 31.4 Å². The third kappa shape index (κ3) is 5.98. The van der Waals surface area contributed by atoms with Gasteiger partial charge >= 0.3 is 0 Å². The maximum Gasteiger partial charge on any atom is 0.230 e. The molecule has 3 aromatic rings. The second kappa shape index (κ2) is 11.0. The number of fused-ring (bicyclic) bond motifs is 2. The van der Waals surface area contributed by atoms with Crippen LogP contribution in [-0.2, 0) is 0 Å². The van der Waals surface area contributed by atoms with Gasteiger partial charge in [-0.05, 0) is 55.7 Å². The van der Waals surface area contributed by atoms with Crippen molar-refractivity contribution in [3.63, 3.8) is 0 Å². The molecule has 31 heavy (non-hydrogen) atoms. The van der Waals surface area contributed by atoms with Crippen molar-refractivity contribution in [3.8, 4) is 23.1 Å². The molecule has 0 unspecified atom stereocenters. The standard InChI is InChI=1S/C25H27N3O3/c1-3-10-20(11-4-1)29-19-17-27-24-21-12-9-16-28-25(21)31-23-14-6-5-13-22(23)30-18-8-2-7-15-26-24/h1,3-6,9-14,16H,2,7-8,15,17-19H2,(H,26,27). The number of benzene rings is 2. The minimum Gasteiger partial charge on any atom is -0.492 e. The first-order valence-corrected chi connectivity index (χ1v) is 10.7. The van der Waals surface area contributed by atoms with E-state index in [4.69, 9.17) is 19.2 Å². The number of nitrogens with zero attached hydrogens (tertiary/aromatic N) is 2. The van der Waals surface area contributed by atoms with Crippen LogP contribution < -0.4 is 19.5 Å². The van der Waals surface area contributed by atoms with Gasteiger partial charge in [-0.15, -0.1) is 0 Å². The molecule has 6 heteroatoms. The highest BCUT2D eigenvalue weighted by Gasteiger charge is 2.15. The van der Waals surface area contributed by atoms with Crippen LogP contribution in [-0.4, -0.2) is 37.1 Å². The van der Waals surface area contributed by atoms with Crippen LogP contribution in [0.4, 0.5) is 0 Å². The molecule has 1 aliphatic heterocycles. The SMILES string of the molecule is c1ccc(OCCNC2=NCCCCCOc3ccccc3Oc3ncccc32)cc1. The van der Waals surface area contributed by atoms with Crippen LogP contribution in [0.25, 0.3) is 0 Å². The van der Waals surface area contributed by atoms with Gasteiger partial charge in [-0.2, -0.15) is 0 Å². The Hall–Kier alpha value is -3.54. The number of rotatable bonds is 4. The number of para-hydroxylation sites is 3. The summed E-state index contributed by atoms with van der Waals surface area (Å²) in [6.45, 7) is 2.52. The van der Waals surface area contributed by atoms with Gasteiger partial charge in [0.15, 0.2) is 11.5 Å². The van der Waals surface area contributed by atoms with E-state index >= 15 is 0 Å². The zero-order chi connectivity index (χ0) is 21.1. The highest BCUT2D eigenvalue weighted by atomic mass is 16.5. The molecule has 160 valence electrons. The van der Waals surface area contributed by atoms with Crippen molar-refractivity contribution in [1.82, 2.24) is 10.3 Å². The van der Waals surface area contributed by atoms with E-state index in [1.807, 2.05) is 66.7 Å². The Bertz CT molecular complexity index is 992. The molecule has 0 spiro atoms. The first-order chi connectivity index (χ1) is 15.4.